The highest BCUT2D eigenvalue weighted by Gasteiger charge is 2.22. The molecule has 11 heteroatoms. The maximum atomic E-state index is 12.1. The van der Waals surface area contributed by atoms with Gasteiger partial charge in [-0.3, -0.25) is 14.4 Å². The average molecular weight is 395 g/mol. The Morgan fingerprint density at radius 2 is 1.48 bits per heavy atom. The fraction of sp³-hybridized carbons (Fsp3) is 0.714. The van der Waals surface area contributed by atoms with Crippen LogP contribution in [0.25, 0.3) is 0 Å². The van der Waals surface area contributed by atoms with Crippen LogP contribution in [0.3, 0.4) is 0 Å². The number of hydrogen-bond donors (Lipinski definition) is 5. The summed E-state index contributed by atoms with van der Waals surface area (Å²) in [7, 11) is 0. The van der Waals surface area contributed by atoms with Crippen LogP contribution < -0.4 is 21.7 Å². The Labute approximate surface area is 155 Å². The molecule has 144 valence electrons. The summed E-state index contributed by atoms with van der Waals surface area (Å²) in [4.78, 5) is 46.4. The van der Waals surface area contributed by atoms with Crippen molar-refractivity contribution in [2.45, 2.75) is 24.9 Å². The molecule has 25 heavy (non-hydrogen) atoms. The van der Waals surface area contributed by atoms with E-state index in [4.69, 9.17) is 10.8 Å². The molecular formula is C14H26N4O5S2. The normalized spacial score (nSPS) is 12.8. The molecule has 2 unspecified atom stereocenters. The molecule has 0 fully saturated rings. The summed E-state index contributed by atoms with van der Waals surface area (Å²) in [6.07, 6.45) is 4.39. The van der Waals surface area contributed by atoms with Gasteiger partial charge >= 0.3 is 5.97 Å². The molecule has 0 heterocycles. The van der Waals surface area contributed by atoms with Crippen molar-refractivity contribution in [3.05, 3.63) is 0 Å². The van der Waals surface area contributed by atoms with Crippen LogP contribution in [0.4, 0.5) is 0 Å². The van der Waals surface area contributed by atoms with Gasteiger partial charge in [0, 0.05) is 0 Å². The van der Waals surface area contributed by atoms with E-state index in [1.54, 1.807) is 0 Å². The number of rotatable bonds is 13. The first-order chi connectivity index (χ1) is 11.8. The highest BCUT2D eigenvalue weighted by molar-refractivity contribution is 7.98. The molecule has 0 aliphatic carbocycles. The number of carboxylic acids is 1. The predicted octanol–water partition coefficient (Wildman–Crippen LogP) is -1.38. The summed E-state index contributed by atoms with van der Waals surface area (Å²) >= 11 is 2.99. The minimum Gasteiger partial charge on any atom is -0.480 e. The minimum atomic E-state index is -1.12. The van der Waals surface area contributed by atoms with Crippen molar-refractivity contribution >= 4 is 47.2 Å². The van der Waals surface area contributed by atoms with Gasteiger partial charge in [-0.2, -0.15) is 23.5 Å². The lowest BCUT2D eigenvalue weighted by atomic mass is 10.2. The van der Waals surface area contributed by atoms with E-state index in [0.29, 0.717) is 24.3 Å². The van der Waals surface area contributed by atoms with E-state index >= 15 is 0 Å². The van der Waals surface area contributed by atoms with Crippen molar-refractivity contribution in [1.82, 2.24) is 16.0 Å². The highest BCUT2D eigenvalue weighted by atomic mass is 32.2. The van der Waals surface area contributed by atoms with Gasteiger partial charge in [0.1, 0.15) is 12.1 Å². The lowest BCUT2D eigenvalue weighted by molar-refractivity contribution is -0.141. The maximum absolute atomic E-state index is 12.1. The summed E-state index contributed by atoms with van der Waals surface area (Å²) in [5.41, 5.74) is 5.22. The lowest BCUT2D eigenvalue weighted by Gasteiger charge is -2.18. The Morgan fingerprint density at radius 3 is 1.96 bits per heavy atom. The standard InChI is InChI=1S/C14H26N4O5S2/c1-24-5-3-9(17-11(19)7-15)13(21)16-8-12(20)18-10(14(22)23)4-6-25-2/h9-10H,3-8,15H2,1-2H3,(H,16,21)(H,17,19)(H,18,20)(H,22,23). The van der Waals surface area contributed by atoms with Crippen LogP contribution in [0.1, 0.15) is 12.8 Å². The SMILES string of the molecule is CSCCC(NC(=O)CNC(=O)C(CCSC)NC(=O)CN)C(=O)O. The fourth-order valence-electron chi connectivity index (χ4n) is 1.79. The third-order valence-electron chi connectivity index (χ3n) is 3.11. The molecule has 3 amide bonds. The largest absolute Gasteiger partial charge is 0.480 e. The maximum Gasteiger partial charge on any atom is 0.326 e. The van der Waals surface area contributed by atoms with Gasteiger partial charge < -0.3 is 26.8 Å². The van der Waals surface area contributed by atoms with E-state index in [2.05, 4.69) is 16.0 Å². The second-order valence-corrected chi connectivity index (χ2v) is 7.03. The number of thioether (sulfide) groups is 2. The minimum absolute atomic E-state index is 0.237. The van der Waals surface area contributed by atoms with Crippen molar-refractivity contribution in [2.24, 2.45) is 5.73 Å². The number of hydrogen-bond acceptors (Lipinski definition) is 7. The number of carbonyl (C=O) groups is 4. The molecule has 0 saturated carbocycles. The Morgan fingerprint density at radius 1 is 0.960 bits per heavy atom. The zero-order valence-corrected chi connectivity index (χ0v) is 16.0. The Kier molecular flexibility index (Phi) is 13.0. The molecule has 6 N–H and O–H groups in total. The van der Waals surface area contributed by atoms with Crippen molar-refractivity contribution in [2.75, 3.05) is 37.1 Å². The fourth-order valence-corrected chi connectivity index (χ4v) is 2.73. The van der Waals surface area contributed by atoms with E-state index in [0.717, 1.165) is 0 Å². The first kappa shape index (κ1) is 23.5. The molecule has 9 nitrogen and oxygen atoms in total. The average Bonchev–Trinajstić information content (AvgIpc) is 2.59. The van der Waals surface area contributed by atoms with Crippen molar-refractivity contribution in [1.29, 1.82) is 0 Å². The van der Waals surface area contributed by atoms with Gasteiger partial charge in [-0.1, -0.05) is 0 Å². The quantitative estimate of drug-likeness (QED) is 0.256. The third-order valence-corrected chi connectivity index (χ3v) is 4.40. The van der Waals surface area contributed by atoms with Crippen LogP contribution >= 0.6 is 23.5 Å². The first-order valence-corrected chi connectivity index (χ1v) is 10.4. The monoisotopic (exact) mass is 394 g/mol. The predicted molar refractivity (Wildman–Crippen MR) is 99.6 cm³/mol. The second kappa shape index (κ2) is 13.8. The highest BCUT2D eigenvalue weighted by Crippen LogP contribution is 2.02. The molecule has 0 aliphatic heterocycles. The van der Waals surface area contributed by atoms with Crippen LogP contribution in [0.5, 0.6) is 0 Å². The summed E-state index contributed by atoms with van der Waals surface area (Å²) in [6.45, 7) is -0.602. The van der Waals surface area contributed by atoms with Gasteiger partial charge in [0.2, 0.25) is 17.7 Å². The summed E-state index contributed by atoms with van der Waals surface area (Å²) in [6, 6.07) is -1.79. The Balaban J connectivity index is 4.51. The molecule has 0 aromatic heterocycles. The van der Waals surface area contributed by atoms with E-state index in [1.807, 2.05) is 12.5 Å². The van der Waals surface area contributed by atoms with Crippen molar-refractivity contribution in [3.63, 3.8) is 0 Å². The molecule has 0 aliphatic rings. The molecule has 0 rings (SSSR count). The molecule has 0 bridgehead atoms. The molecule has 2 atom stereocenters. The lowest BCUT2D eigenvalue weighted by Crippen LogP contribution is -2.51. The second-order valence-electron chi connectivity index (χ2n) is 5.06. The van der Waals surface area contributed by atoms with Crippen molar-refractivity contribution in [3.8, 4) is 0 Å². The third kappa shape index (κ3) is 10.9. The number of carboxylic acid groups (broad SMARTS) is 1. The summed E-state index contributed by atoms with van der Waals surface area (Å²) < 4.78 is 0. The smallest absolute Gasteiger partial charge is 0.326 e. The number of amides is 3. The van der Waals surface area contributed by atoms with Crippen LogP contribution in [0.2, 0.25) is 0 Å². The van der Waals surface area contributed by atoms with E-state index in [9.17, 15) is 19.2 Å². The van der Waals surface area contributed by atoms with Crippen LogP contribution in [0.15, 0.2) is 0 Å². The van der Waals surface area contributed by atoms with Crippen LogP contribution in [-0.4, -0.2) is 78.0 Å². The molecular weight excluding hydrogens is 368 g/mol. The zero-order chi connectivity index (χ0) is 19.2. The van der Waals surface area contributed by atoms with Gasteiger partial charge in [0.25, 0.3) is 0 Å². The Hall–Kier alpha value is -1.46. The van der Waals surface area contributed by atoms with Crippen molar-refractivity contribution < 1.29 is 24.3 Å². The Bertz CT molecular complexity index is 465. The molecule has 0 spiro atoms. The van der Waals surface area contributed by atoms with Crippen LogP contribution in [-0.2, 0) is 19.2 Å². The zero-order valence-electron chi connectivity index (χ0n) is 14.4. The first-order valence-electron chi connectivity index (χ1n) is 7.62. The number of aliphatic carboxylic acids is 1. The van der Waals surface area contributed by atoms with Gasteiger partial charge in [-0.25, -0.2) is 4.79 Å². The molecule has 0 saturated heterocycles. The van der Waals surface area contributed by atoms with Gasteiger partial charge in [0.15, 0.2) is 0 Å². The summed E-state index contributed by atoms with van der Waals surface area (Å²) in [5.74, 6) is -1.47. The summed E-state index contributed by atoms with van der Waals surface area (Å²) in [5, 5.41) is 16.3. The molecule has 0 aromatic rings. The van der Waals surface area contributed by atoms with Gasteiger partial charge in [-0.05, 0) is 36.9 Å². The van der Waals surface area contributed by atoms with Crippen LogP contribution in [0, 0.1) is 0 Å². The number of nitrogens with two attached hydrogens (primary N) is 1. The van der Waals surface area contributed by atoms with Gasteiger partial charge in [-0.15, -0.1) is 0 Å². The number of nitrogens with one attached hydrogen (secondary N) is 3. The molecule has 0 aromatic carbocycles. The number of carbonyl (C=O) groups excluding carboxylic acids is 3. The topological polar surface area (TPSA) is 151 Å². The van der Waals surface area contributed by atoms with Gasteiger partial charge in [0.05, 0.1) is 13.1 Å². The van der Waals surface area contributed by atoms with E-state index in [1.165, 1.54) is 23.5 Å². The molecule has 0 radical (unpaired) electrons. The van der Waals surface area contributed by atoms with E-state index in [-0.39, 0.29) is 13.1 Å². The van der Waals surface area contributed by atoms with E-state index < -0.39 is 35.8 Å².